The number of carbonyl (C=O) groups excluding carboxylic acids is 2. The van der Waals surface area contributed by atoms with E-state index in [1.807, 2.05) is 25.1 Å². The number of ether oxygens (including phenoxy) is 3. The molecule has 8 nitrogen and oxygen atoms in total. The Morgan fingerprint density at radius 2 is 1.48 bits per heavy atom. The van der Waals surface area contributed by atoms with Gasteiger partial charge in [-0.15, -0.1) is 11.3 Å². The molecule has 3 amide bonds. The number of hydrogen-bond donors (Lipinski definition) is 1. The monoisotopic (exact) mass is 675 g/mol. The van der Waals surface area contributed by atoms with Gasteiger partial charge in [0.1, 0.15) is 6.54 Å². The van der Waals surface area contributed by atoms with Crippen LogP contribution in [0.15, 0.2) is 48.5 Å². The van der Waals surface area contributed by atoms with E-state index in [9.17, 15) is 35.9 Å². The van der Waals surface area contributed by atoms with Crippen LogP contribution in [0, 0.1) is 6.92 Å². The van der Waals surface area contributed by atoms with E-state index in [2.05, 4.69) is 5.32 Å². The van der Waals surface area contributed by atoms with Crippen molar-refractivity contribution in [1.82, 2.24) is 9.80 Å². The lowest BCUT2D eigenvalue weighted by Gasteiger charge is -2.28. The second-order valence-corrected chi connectivity index (χ2v) is 11.6. The summed E-state index contributed by atoms with van der Waals surface area (Å²) in [6, 6.07) is 8.90. The van der Waals surface area contributed by atoms with Crippen LogP contribution in [0.5, 0.6) is 11.5 Å². The summed E-state index contributed by atoms with van der Waals surface area (Å²) in [7, 11) is 4.44. The lowest BCUT2D eigenvalue weighted by Crippen LogP contribution is -2.45. The van der Waals surface area contributed by atoms with Crippen LogP contribution in [0.1, 0.15) is 32.9 Å². The zero-order valence-corrected chi connectivity index (χ0v) is 26.5. The first-order chi connectivity index (χ1) is 21.6. The molecule has 1 aromatic heterocycles. The van der Waals surface area contributed by atoms with Gasteiger partial charge in [0.25, 0.3) is 0 Å². The number of halogens is 6. The molecule has 3 rings (SSSR count). The van der Waals surface area contributed by atoms with Gasteiger partial charge in [-0.1, -0.05) is 6.07 Å². The highest BCUT2D eigenvalue weighted by Crippen LogP contribution is 2.37. The Morgan fingerprint density at radius 3 is 2.02 bits per heavy atom. The third-order valence-corrected chi connectivity index (χ3v) is 7.83. The summed E-state index contributed by atoms with van der Waals surface area (Å²) in [6.45, 7) is 2.03. The number of thiophene rings is 1. The van der Waals surface area contributed by atoms with Gasteiger partial charge in [-0.2, -0.15) is 26.3 Å². The number of alkyl halides is 6. The molecule has 0 atom stereocenters. The molecule has 46 heavy (non-hydrogen) atoms. The number of carbonyl (C=O) groups is 2. The average molecular weight is 676 g/mol. The molecule has 0 unspecified atom stereocenters. The third kappa shape index (κ3) is 10.5. The predicted octanol–water partition coefficient (Wildman–Crippen LogP) is 7.25. The second kappa shape index (κ2) is 16.0. The Kier molecular flexibility index (Phi) is 12.7. The number of anilines is 1. The van der Waals surface area contributed by atoms with Crippen LogP contribution in [0.2, 0.25) is 0 Å². The number of aryl methyl sites for hydroxylation is 1. The molecule has 0 fully saturated rings. The fourth-order valence-electron chi connectivity index (χ4n) is 4.50. The molecule has 2 aromatic carbocycles. The van der Waals surface area contributed by atoms with Crippen LogP contribution in [0.25, 0.3) is 0 Å². The molecule has 15 heteroatoms. The van der Waals surface area contributed by atoms with Crippen molar-refractivity contribution in [2.45, 2.75) is 38.7 Å². The lowest BCUT2D eigenvalue weighted by atomic mass is 10.1. The number of hydrogen-bond acceptors (Lipinski definition) is 6. The van der Waals surface area contributed by atoms with Crippen molar-refractivity contribution in [3.05, 3.63) is 75.0 Å². The smallest absolute Gasteiger partial charge is 0.416 e. The van der Waals surface area contributed by atoms with Gasteiger partial charge in [-0.25, -0.2) is 4.79 Å². The number of rotatable bonds is 14. The minimum atomic E-state index is -5.09. The molecule has 0 saturated heterocycles. The van der Waals surface area contributed by atoms with Crippen molar-refractivity contribution in [3.8, 4) is 11.5 Å². The van der Waals surface area contributed by atoms with E-state index in [0.717, 1.165) is 20.2 Å². The molecular weight excluding hydrogens is 640 g/mol. The second-order valence-electron chi connectivity index (χ2n) is 10.3. The van der Waals surface area contributed by atoms with E-state index in [1.165, 1.54) is 32.7 Å². The number of urea groups is 1. The standard InChI is InChI=1S/C31H35F6N3O5S/c1-20-6-8-25(46-20)18-39(12-10-21-7-9-26(44-3)27(14-21)45-4)28(41)19-40(11-5-13-43-2)29(42)38-24-16-22(30(32,33)34)15-23(17-24)31(35,36)37/h6-9,14-17H,5,10-13,18-19H2,1-4H3,(H,38,42). The van der Waals surface area contributed by atoms with Crippen molar-refractivity contribution in [2.75, 3.05) is 52.9 Å². The van der Waals surface area contributed by atoms with Crippen LogP contribution in [-0.4, -0.2) is 69.3 Å². The summed E-state index contributed by atoms with van der Waals surface area (Å²) in [4.78, 5) is 31.5. The summed E-state index contributed by atoms with van der Waals surface area (Å²) in [5.41, 5.74) is -3.02. The van der Waals surface area contributed by atoms with Crippen molar-refractivity contribution < 1.29 is 50.1 Å². The van der Waals surface area contributed by atoms with Crippen LogP contribution in [0.4, 0.5) is 36.8 Å². The van der Waals surface area contributed by atoms with E-state index in [0.29, 0.717) is 30.1 Å². The topological polar surface area (TPSA) is 80.3 Å². The zero-order chi connectivity index (χ0) is 34.1. The van der Waals surface area contributed by atoms with Gasteiger partial charge in [0, 0.05) is 42.2 Å². The van der Waals surface area contributed by atoms with E-state index < -0.39 is 47.6 Å². The minimum absolute atomic E-state index is 0.0297. The average Bonchev–Trinajstić information content (AvgIpc) is 3.41. The first-order valence-electron chi connectivity index (χ1n) is 14.0. The summed E-state index contributed by atoms with van der Waals surface area (Å²) in [5.74, 6) is 0.573. The van der Waals surface area contributed by atoms with Crippen LogP contribution in [0.3, 0.4) is 0 Å². The van der Waals surface area contributed by atoms with Crippen LogP contribution >= 0.6 is 11.3 Å². The molecule has 0 aliphatic carbocycles. The number of methoxy groups -OCH3 is 3. The maximum atomic E-state index is 13.7. The Balaban J connectivity index is 1.86. The maximum absolute atomic E-state index is 13.7. The number of amides is 3. The predicted molar refractivity (Wildman–Crippen MR) is 161 cm³/mol. The molecule has 0 radical (unpaired) electrons. The molecule has 0 aliphatic rings. The van der Waals surface area contributed by atoms with Gasteiger partial charge in [-0.3, -0.25) is 4.79 Å². The zero-order valence-electron chi connectivity index (χ0n) is 25.7. The molecule has 0 spiro atoms. The van der Waals surface area contributed by atoms with Gasteiger partial charge in [0.05, 0.1) is 31.9 Å². The quantitative estimate of drug-likeness (QED) is 0.144. The molecule has 1 N–H and O–H groups in total. The molecule has 0 saturated carbocycles. The summed E-state index contributed by atoms with van der Waals surface area (Å²) >= 11 is 1.49. The van der Waals surface area contributed by atoms with E-state index >= 15 is 0 Å². The van der Waals surface area contributed by atoms with E-state index in [4.69, 9.17) is 14.2 Å². The lowest BCUT2D eigenvalue weighted by molar-refractivity contribution is -0.143. The van der Waals surface area contributed by atoms with Crippen LogP contribution in [-0.2, 0) is 34.8 Å². The minimum Gasteiger partial charge on any atom is -0.493 e. The van der Waals surface area contributed by atoms with Gasteiger partial charge in [0.15, 0.2) is 11.5 Å². The number of benzene rings is 2. The summed E-state index contributed by atoms with van der Waals surface area (Å²) < 4.78 is 96.0. The first kappa shape index (κ1) is 36.5. The fourth-order valence-corrected chi connectivity index (χ4v) is 5.40. The first-order valence-corrected chi connectivity index (χ1v) is 14.8. The van der Waals surface area contributed by atoms with Gasteiger partial charge >= 0.3 is 18.4 Å². The fraction of sp³-hybridized carbons (Fsp3) is 0.419. The van der Waals surface area contributed by atoms with Gasteiger partial charge < -0.3 is 29.3 Å². The van der Waals surface area contributed by atoms with E-state index in [-0.39, 0.29) is 38.7 Å². The van der Waals surface area contributed by atoms with Crippen molar-refractivity contribution in [3.63, 3.8) is 0 Å². The van der Waals surface area contributed by atoms with Crippen LogP contribution < -0.4 is 14.8 Å². The number of nitrogens with zero attached hydrogens (tertiary/aromatic N) is 2. The molecule has 3 aromatic rings. The molecule has 0 aliphatic heterocycles. The molecular formula is C31H35F6N3O5S. The maximum Gasteiger partial charge on any atom is 0.416 e. The van der Waals surface area contributed by atoms with E-state index in [1.54, 1.807) is 17.0 Å². The highest BCUT2D eigenvalue weighted by atomic mass is 32.1. The van der Waals surface area contributed by atoms with Crippen molar-refractivity contribution >= 4 is 29.0 Å². The highest BCUT2D eigenvalue weighted by molar-refractivity contribution is 7.11. The summed E-state index contributed by atoms with van der Waals surface area (Å²) in [5, 5.41) is 2.12. The summed E-state index contributed by atoms with van der Waals surface area (Å²) in [6.07, 6.45) is -9.52. The normalized spacial score (nSPS) is 11.7. The van der Waals surface area contributed by atoms with Gasteiger partial charge in [0.2, 0.25) is 5.91 Å². The SMILES string of the molecule is COCCCN(CC(=O)N(CCc1ccc(OC)c(OC)c1)Cc1ccc(C)s1)C(=O)Nc1cc(C(F)(F)F)cc(C(F)(F)F)c1. The molecule has 1 heterocycles. The Bertz CT molecular complexity index is 1450. The Hall–Kier alpha value is -3.98. The molecule has 0 bridgehead atoms. The highest BCUT2D eigenvalue weighted by Gasteiger charge is 2.37. The Labute approximate surface area is 266 Å². The van der Waals surface area contributed by atoms with Crippen molar-refractivity contribution in [2.24, 2.45) is 0 Å². The Morgan fingerprint density at radius 1 is 0.826 bits per heavy atom. The third-order valence-electron chi connectivity index (χ3n) is 6.84. The number of nitrogens with one attached hydrogen (secondary N) is 1. The molecule has 252 valence electrons. The largest absolute Gasteiger partial charge is 0.493 e. The van der Waals surface area contributed by atoms with Gasteiger partial charge in [-0.05, 0) is 67.8 Å². The van der Waals surface area contributed by atoms with Crippen molar-refractivity contribution in [1.29, 1.82) is 0 Å².